The predicted molar refractivity (Wildman–Crippen MR) is 69.5 cm³/mol. The monoisotopic (exact) mass is 289 g/mol. The van der Waals surface area contributed by atoms with E-state index in [-0.39, 0.29) is 16.9 Å². The van der Waals surface area contributed by atoms with Gasteiger partial charge >= 0.3 is 5.97 Å². The molecule has 1 rings (SSSR count). The molecule has 108 valence electrons. The first-order chi connectivity index (χ1) is 8.66. The fraction of sp³-hybridized carbons (Fsp3) is 0.583. The van der Waals surface area contributed by atoms with E-state index in [2.05, 4.69) is 0 Å². The summed E-state index contributed by atoms with van der Waals surface area (Å²) in [6.07, 6.45) is 0.711. The maximum absolute atomic E-state index is 12.2. The Bertz CT molecular complexity index is 546. The molecule has 0 saturated carbocycles. The molecule has 1 unspecified atom stereocenters. The Hall–Kier alpha value is -1.34. The van der Waals surface area contributed by atoms with Gasteiger partial charge in [-0.1, -0.05) is 13.8 Å². The Balaban J connectivity index is 2.99. The van der Waals surface area contributed by atoms with Crippen molar-refractivity contribution in [1.29, 1.82) is 0 Å². The van der Waals surface area contributed by atoms with Crippen molar-refractivity contribution in [3.63, 3.8) is 0 Å². The molecule has 0 aromatic carbocycles. The summed E-state index contributed by atoms with van der Waals surface area (Å²) in [5, 5.41) is 8.38. The number of carboxylic acid groups (broad SMARTS) is 1. The van der Waals surface area contributed by atoms with E-state index in [0.717, 1.165) is 12.1 Å². The fourth-order valence-electron chi connectivity index (χ4n) is 1.78. The normalized spacial score (nSPS) is 14.0. The van der Waals surface area contributed by atoms with Gasteiger partial charge in [0.2, 0.25) is 10.9 Å². The highest BCUT2D eigenvalue weighted by atomic mass is 32.2. The van der Waals surface area contributed by atoms with Crippen molar-refractivity contribution in [1.82, 2.24) is 4.31 Å². The number of carbonyl (C=O) groups is 1. The number of carboxylic acids is 1. The minimum absolute atomic E-state index is 0.191. The lowest BCUT2D eigenvalue weighted by atomic mass is 10.1. The van der Waals surface area contributed by atoms with Crippen LogP contribution in [0.4, 0.5) is 0 Å². The Kier molecular flexibility index (Phi) is 4.75. The first-order valence-corrected chi connectivity index (χ1v) is 7.41. The summed E-state index contributed by atoms with van der Waals surface area (Å²) in [5.74, 6) is -1.32. The van der Waals surface area contributed by atoms with Crippen LogP contribution in [0.3, 0.4) is 0 Å². The van der Waals surface area contributed by atoms with Crippen LogP contribution in [0.2, 0.25) is 0 Å². The van der Waals surface area contributed by atoms with Gasteiger partial charge < -0.3 is 9.52 Å². The summed E-state index contributed by atoms with van der Waals surface area (Å²) in [5.41, 5.74) is 0. The average Bonchev–Trinajstić information content (AvgIpc) is 2.76. The molecule has 1 aromatic heterocycles. The Morgan fingerprint density at radius 3 is 2.37 bits per heavy atom. The second kappa shape index (κ2) is 5.75. The van der Waals surface area contributed by atoms with E-state index < -0.39 is 16.0 Å². The Morgan fingerprint density at radius 1 is 1.37 bits per heavy atom. The number of rotatable bonds is 6. The molecule has 0 fully saturated rings. The van der Waals surface area contributed by atoms with Gasteiger partial charge in [0.25, 0.3) is 10.0 Å². The van der Waals surface area contributed by atoms with Gasteiger partial charge in [0.05, 0.1) is 0 Å². The van der Waals surface area contributed by atoms with Gasteiger partial charge in [-0.25, -0.2) is 13.2 Å². The topological polar surface area (TPSA) is 87.8 Å². The summed E-state index contributed by atoms with van der Waals surface area (Å²) in [6.45, 7) is 5.82. The molecule has 1 N–H and O–H groups in total. The van der Waals surface area contributed by atoms with Crippen LogP contribution in [-0.4, -0.2) is 36.9 Å². The fourth-order valence-corrected chi connectivity index (χ4v) is 3.06. The smallest absolute Gasteiger partial charge is 0.371 e. The quantitative estimate of drug-likeness (QED) is 0.865. The second-order valence-electron chi connectivity index (χ2n) is 4.92. The number of sulfonamides is 1. The van der Waals surface area contributed by atoms with Crippen LogP contribution in [0.5, 0.6) is 0 Å². The first-order valence-electron chi connectivity index (χ1n) is 5.97. The van der Waals surface area contributed by atoms with Crippen LogP contribution in [0.15, 0.2) is 21.6 Å². The zero-order valence-corrected chi connectivity index (χ0v) is 12.3. The molecule has 0 aliphatic rings. The van der Waals surface area contributed by atoms with Crippen molar-refractivity contribution < 1.29 is 22.7 Å². The zero-order chi connectivity index (χ0) is 14.8. The summed E-state index contributed by atoms with van der Waals surface area (Å²) in [6, 6.07) is 2.11. The van der Waals surface area contributed by atoms with Gasteiger partial charge in [0.1, 0.15) is 0 Å². The van der Waals surface area contributed by atoms with Gasteiger partial charge in [-0.05, 0) is 31.4 Å². The number of hydrogen-bond donors (Lipinski definition) is 1. The summed E-state index contributed by atoms with van der Waals surface area (Å²) < 4.78 is 30.5. The Morgan fingerprint density at radius 2 is 1.95 bits per heavy atom. The second-order valence-corrected chi connectivity index (χ2v) is 6.85. The molecule has 1 aromatic rings. The molecule has 0 amide bonds. The van der Waals surface area contributed by atoms with Crippen LogP contribution in [-0.2, 0) is 10.0 Å². The SMILES string of the molecule is CC(C)CC(C)N(C)S(=O)(=O)c1ccc(C(=O)O)o1. The molecule has 0 aliphatic carbocycles. The van der Waals surface area contributed by atoms with Crippen molar-refractivity contribution in [2.24, 2.45) is 5.92 Å². The van der Waals surface area contributed by atoms with Gasteiger partial charge in [-0.2, -0.15) is 4.31 Å². The zero-order valence-electron chi connectivity index (χ0n) is 11.5. The van der Waals surface area contributed by atoms with Crippen LogP contribution in [0.25, 0.3) is 0 Å². The first kappa shape index (κ1) is 15.7. The van der Waals surface area contributed by atoms with Crippen molar-refractivity contribution in [2.75, 3.05) is 7.05 Å². The van der Waals surface area contributed by atoms with Crippen molar-refractivity contribution >= 4 is 16.0 Å². The van der Waals surface area contributed by atoms with Crippen molar-refractivity contribution in [3.05, 3.63) is 17.9 Å². The van der Waals surface area contributed by atoms with E-state index in [1.807, 2.05) is 13.8 Å². The highest BCUT2D eigenvalue weighted by Crippen LogP contribution is 2.21. The molecule has 1 heterocycles. The summed E-state index contributed by atoms with van der Waals surface area (Å²) in [4.78, 5) is 10.7. The minimum Gasteiger partial charge on any atom is -0.475 e. The average molecular weight is 289 g/mol. The number of aromatic carboxylic acids is 1. The molecule has 1 atom stereocenters. The molecular formula is C12H19NO5S. The lowest BCUT2D eigenvalue weighted by Crippen LogP contribution is -2.35. The van der Waals surface area contributed by atoms with Gasteiger partial charge in [-0.3, -0.25) is 0 Å². The molecule has 19 heavy (non-hydrogen) atoms. The van der Waals surface area contributed by atoms with E-state index in [9.17, 15) is 13.2 Å². The highest BCUT2D eigenvalue weighted by molar-refractivity contribution is 7.89. The summed E-state index contributed by atoms with van der Waals surface area (Å²) in [7, 11) is -2.33. The maximum Gasteiger partial charge on any atom is 0.371 e. The van der Waals surface area contributed by atoms with Crippen LogP contribution in [0.1, 0.15) is 37.7 Å². The van der Waals surface area contributed by atoms with E-state index in [1.54, 1.807) is 6.92 Å². The van der Waals surface area contributed by atoms with Crippen molar-refractivity contribution in [3.8, 4) is 0 Å². The molecule has 6 nitrogen and oxygen atoms in total. The lowest BCUT2D eigenvalue weighted by molar-refractivity contribution is 0.0656. The minimum atomic E-state index is -3.79. The number of furan rings is 1. The molecule has 0 saturated heterocycles. The molecular weight excluding hydrogens is 270 g/mol. The third kappa shape index (κ3) is 3.57. The number of nitrogens with zero attached hydrogens (tertiary/aromatic N) is 1. The maximum atomic E-state index is 12.2. The van der Waals surface area contributed by atoms with Gasteiger partial charge in [0, 0.05) is 13.1 Å². The van der Waals surface area contributed by atoms with E-state index in [0.29, 0.717) is 12.3 Å². The van der Waals surface area contributed by atoms with E-state index in [4.69, 9.17) is 9.52 Å². The molecule has 0 radical (unpaired) electrons. The largest absolute Gasteiger partial charge is 0.475 e. The highest BCUT2D eigenvalue weighted by Gasteiger charge is 2.29. The van der Waals surface area contributed by atoms with E-state index >= 15 is 0 Å². The Labute approximate surface area is 113 Å². The molecule has 0 aliphatic heterocycles. The lowest BCUT2D eigenvalue weighted by Gasteiger charge is -2.24. The third-order valence-electron chi connectivity index (χ3n) is 2.86. The van der Waals surface area contributed by atoms with Gasteiger partial charge in [-0.15, -0.1) is 0 Å². The van der Waals surface area contributed by atoms with Crippen LogP contribution in [0, 0.1) is 5.92 Å². The van der Waals surface area contributed by atoms with Crippen molar-refractivity contribution in [2.45, 2.75) is 38.3 Å². The number of hydrogen-bond acceptors (Lipinski definition) is 4. The third-order valence-corrected chi connectivity index (χ3v) is 4.70. The van der Waals surface area contributed by atoms with E-state index in [1.165, 1.54) is 11.4 Å². The standard InChI is InChI=1S/C12H19NO5S/c1-8(2)7-9(3)13(4)19(16,17)11-6-5-10(18-11)12(14)15/h5-6,8-9H,7H2,1-4H3,(H,14,15). The predicted octanol–water partition coefficient (Wildman–Crippen LogP) is 2.03. The molecule has 0 spiro atoms. The van der Waals surface area contributed by atoms with Gasteiger partial charge in [0.15, 0.2) is 0 Å². The summed E-state index contributed by atoms with van der Waals surface area (Å²) >= 11 is 0. The molecule has 0 bridgehead atoms. The molecule has 7 heteroatoms. The van der Waals surface area contributed by atoms with Crippen LogP contribution >= 0.6 is 0 Å². The van der Waals surface area contributed by atoms with Crippen LogP contribution < -0.4 is 0 Å².